The zero-order valence-electron chi connectivity index (χ0n) is 13.8. The summed E-state index contributed by atoms with van der Waals surface area (Å²) in [6.45, 7) is 6.81. The Morgan fingerprint density at radius 3 is 2.48 bits per heavy atom. The second-order valence-corrected chi connectivity index (χ2v) is 6.60. The van der Waals surface area contributed by atoms with Gasteiger partial charge in [0.1, 0.15) is 11.9 Å². The van der Waals surface area contributed by atoms with Crippen LogP contribution >= 0.6 is 0 Å². The minimum atomic E-state index is -0.471. The Hall–Kier alpha value is -2.08. The third kappa shape index (κ3) is 5.25. The molecule has 2 N–H and O–H groups in total. The van der Waals surface area contributed by atoms with E-state index in [0.717, 1.165) is 6.42 Å². The second kappa shape index (κ2) is 7.46. The Kier molecular flexibility index (Phi) is 5.60. The standard InChI is InChI=1S/C17H24N2O4/c1-17(2,3)12-6-8-13(9-7-12)23-11-15(20)18-19-16(21)14-5-4-10-22-14/h6-9,14H,4-5,10-11H2,1-3H3,(H,18,20)(H,19,21)/t14-/m0/s1. The van der Waals surface area contributed by atoms with Gasteiger partial charge in [-0.3, -0.25) is 20.4 Å². The molecule has 0 aromatic heterocycles. The summed E-state index contributed by atoms with van der Waals surface area (Å²) in [4.78, 5) is 23.3. The Balaban J connectivity index is 1.72. The molecule has 2 rings (SSSR count). The lowest BCUT2D eigenvalue weighted by Gasteiger charge is -2.19. The normalized spacial score (nSPS) is 17.6. The van der Waals surface area contributed by atoms with Crippen molar-refractivity contribution in [2.24, 2.45) is 0 Å². The molecule has 1 fully saturated rings. The summed E-state index contributed by atoms with van der Waals surface area (Å²) in [5.74, 6) is -0.139. The first-order valence-corrected chi connectivity index (χ1v) is 7.80. The Morgan fingerprint density at radius 1 is 1.22 bits per heavy atom. The lowest BCUT2D eigenvalue weighted by atomic mass is 9.87. The highest BCUT2D eigenvalue weighted by atomic mass is 16.5. The molecule has 1 heterocycles. The first-order chi connectivity index (χ1) is 10.9. The van der Waals surface area contributed by atoms with Crippen LogP contribution in [0.2, 0.25) is 0 Å². The molecule has 0 bridgehead atoms. The van der Waals surface area contributed by atoms with Crippen LogP contribution in [0, 0.1) is 0 Å². The number of ether oxygens (including phenoxy) is 2. The van der Waals surface area contributed by atoms with Crippen LogP contribution in [-0.4, -0.2) is 31.1 Å². The number of carbonyl (C=O) groups excluding carboxylic acids is 2. The highest BCUT2D eigenvalue weighted by Gasteiger charge is 2.23. The highest BCUT2D eigenvalue weighted by Crippen LogP contribution is 2.24. The van der Waals surface area contributed by atoms with E-state index >= 15 is 0 Å². The molecule has 126 valence electrons. The van der Waals surface area contributed by atoms with Gasteiger partial charge in [-0.25, -0.2) is 0 Å². The molecule has 0 aliphatic carbocycles. The summed E-state index contributed by atoms with van der Waals surface area (Å²) < 4.78 is 10.6. The lowest BCUT2D eigenvalue weighted by Crippen LogP contribution is -2.47. The number of rotatable bonds is 4. The van der Waals surface area contributed by atoms with Crippen LogP contribution < -0.4 is 15.6 Å². The van der Waals surface area contributed by atoms with Gasteiger partial charge in [0.05, 0.1) is 0 Å². The molecule has 0 spiro atoms. The maximum atomic E-state index is 11.7. The van der Waals surface area contributed by atoms with E-state index in [1.807, 2.05) is 24.3 Å². The molecule has 2 amide bonds. The molecule has 0 saturated carbocycles. The van der Waals surface area contributed by atoms with Crippen molar-refractivity contribution in [3.8, 4) is 5.75 Å². The van der Waals surface area contributed by atoms with Gasteiger partial charge in [0, 0.05) is 6.61 Å². The fourth-order valence-electron chi connectivity index (χ4n) is 2.23. The van der Waals surface area contributed by atoms with Crippen LogP contribution in [0.1, 0.15) is 39.2 Å². The van der Waals surface area contributed by atoms with Gasteiger partial charge in [-0.2, -0.15) is 0 Å². The third-order valence-corrected chi connectivity index (χ3v) is 3.64. The average Bonchev–Trinajstić information content (AvgIpc) is 3.04. The molecule has 1 aromatic rings. The smallest absolute Gasteiger partial charge is 0.276 e. The summed E-state index contributed by atoms with van der Waals surface area (Å²) in [6, 6.07) is 7.62. The molecule has 0 unspecified atom stereocenters. The molecule has 23 heavy (non-hydrogen) atoms. The van der Waals surface area contributed by atoms with Crippen LogP contribution in [0.25, 0.3) is 0 Å². The topological polar surface area (TPSA) is 76.7 Å². The van der Waals surface area contributed by atoms with E-state index < -0.39 is 12.0 Å². The van der Waals surface area contributed by atoms with Gasteiger partial charge in [-0.05, 0) is 36.0 Å². The maximum absolute atomic E-state index is 11.7. The monoisotopic (exact) mass is 320 g/mol. The van der Waals surface area contributed by atoms with Crippen molar-refractivity contribution in [3.63, 3.8) is 0 Å². The van der Waals surface area contributed by atoms with Crippen molar-refractivity contribution in [1.82, 2.24) is 10.9 Å². The second-order valence-electron chi connectivity index (χ2n) is 6.60. The molecule has 1 aliphatic heterocycles. The Bertz CT molecular complexity index is 543. The Morgan fingerprint density at radius 2 is 1.91 bits per heavy atom. The molecule has 1 aliphatic rings. The highest BCUT2D eigenvalue weighted by molar-refractivity contribution is 5.85. The Labute approximate surface area is 136 Å². The number of hydrogen-bond acceptors (Lipinski definition) is 4. The van der Waals surface area contributed by atoms with Gasteiger partial charge in [-0.1, -0.05) is 32.9 Å². The average molecular weight is 320 g/mol. The van der Waals surface area contributed by atoms with E-state index in [-0.39, 0.29) is 17.9 Å². The van der Waals surface area contributed by atoms with Crippen LogP contribution in [0.15, 0.2) is 24.3 Å². The molecule has 1 saturated heterocycles. The molecule has 0 radical (unpaired) electrons. The van der Waals surface area contributed by atoms with E-state index in [1.165, 1.54) is 5.56 Å². The van der Waals surface area contributed by atoms with Crippen molar-refractivity contribution in [2.45, 2.75) is 45.1 Å². The van der Waals surface area contributed by atoms with Gasteiger partial charge >= 0.3 is 0 Å². The summed E-state index contributed by atoms with van der Waals surface area (Å²) in [7, 11) is 0. The van der Waals surface area contributed by atoms with Crippen molar-refractivity contribution >= 4 is 11.8 Å². The molecule has 1 atom stereocenters. The van der Waals surface area contributed by atoms with Crippen molar-refractivity contribution in [3.05, 3.63) is 29.8 Å². The maximum Gasteiger partial charge on any atom is 0.276 e. The van der Waals surface area contributed by atoms with Gasteiger partial charge < -0.3 is 9.47 Å². The van der Waals surface area contributed by atoms with Crippen LogP contribution in [0.3, 0.4) is 0 Å². The summed E-state index contributed by atoms with van der Waals surface area (Å²) in [5, 5.41) is 0. The van der Waals surface area contributed by atoms with E-state index in [0.29, 0.717) is 18.8 Å². The number of benzene rings is 1. The first kappa shape index (κ1) is 17.3. The predicted octanol–water partition coefficient (Wildman–Crippen LogP) is 1.69. The van der Waals surface area contributed by atoms with Gasteiger partial charge in [0.2, 0.25) is 0 Å². The van der Waals surface area contributed by atoms with E-state index in [2.05, 4.69) is 31.6 Å². The van der Waals surface area contributed by atoms with Crippen LogP contribution in [-0.2, 0) is 19.7 Å². The van der Waals surface area contributed by atoms with Crippen molar-refractivity contribution in [2.75, 3.05) is 13.2 Å². The summed E-state index contributed by atoms with van der Waals surface area (Å²) in [5.41, 5.74) is 5.93. The fourth-order valence-corrected chi connectivity index (χ4v) is 2.23. The summed E-state index contributed by atoms with van der Waals surface area (Å²) >= 11 is 0. The minimum Gasteiger partial charge on any atom is -0.484 e. The van der Waals surface area contributed by atoms with E-state index in [9.17, 15) is 9.59 Å². The van der Waals surface area contributed by atoms with Gasteiger partial charge in [0.15, 0.2) is 6.61 Å². The zero-order chi connectivity index (χ0) is 16.9. The number of amides is 2. The van der Waals surface area contributed by atoms with Crippen LogP contribution in [0.5, 0.6) is 5.75 Å². The molecule has 6 heteroatoms. The largest absolute Gasteiger partial charge is 0.484 e. The first-order valence-electron chi connectivity index (χ1n) is 7.80. The number of carbonyl (C=O) groups is 2. The number of hydrogen-bond donors (Lipinski definition) is 2. The zero-order valence-corrected chi connectivity index (χ0v) is 13.8. The molecular weight excluding hydrogens is 296 g/mol. The quantitative estimate of drug-likeness (QED) is 0.828. The summed E-state index contributed by atoms with van der Waals surface area (Å²) in [6.07, 6.45) is 1.07. The van der Waals surface area contributed by atoms with Crippen molar-refractivity contribution in [1.29, 1.82) is 0 Å². The van der Waals surface area contributed by atoms with E-state index in [4.69, 9.17) is 9.47 Å². The van der Waals surface area contributed by atoms with E-state index in [1.54, 1.807) is 0 Å². The lowest BCUT2D eigenvalue weighted by molar-refractivity contribution is -0.135. The molecular formula is C17H24N2O4. The molecule has 6 nitrogen and oxygen atoms in total. The fraction of sp³-hybridized carbons (Fsp3) is 0.529. The minimum absolute atomic E-state index is 0.0719. The third-order valence-electron chi connectivity index (χ3n) is 3.64. The number of hydrazine groups is 1. The predicted molar refractivity (Wildman–Crippen MR) is 85.9 cm³/mol. The van der Waals surface area contributed by atoms with Gasteiger partial charge in [-0.15, -0.1) is 0 Å². The molecule has 1 aromatic carbocycles. The number of nitrogens with one attached hydrogen (secondary N) is 2. The van der Waals surface area contributed by atoms with Crippen molar-refractivity contribution < 1.29 is 19.1 Å². The van der Waals surface area contributed by atoms with Gasteiger partial charge in [0.25, 0.3) is 11.8 Å². The SMILES string of the molecule is CC(C)(C)c1ccc(OCC(=O)NNC(=O)[C@@H]2CCCO2)cc1. The van der Waals surface area contributed by atoms with Crippen LogP contribution in [0.4, 0.5) is 0 Å².